The molecule has 0 aliphatic heterocycles. The van der Waals surface area contributed by atoms with E-state index in [1.54, 1.807) is 0 Å². The fourth-order valence-corrected chi connectivity index (χ4v) is 0. The van der Waals surface area contributed by atoms with Gasteiger partial charge in [-0.05, 0) is 0 Å². The van der Waals surface area contributed by atoms with Crippen LogP contribution in [0.5, 0.6) is 0 Å². The average Bonchev–Trinajstić information content (AvgIpc) is 2.07. The van der Waals surface area contributed by atoms with Crippen molar-refractivity contribution in [3.63, 3.8) is 0 Å². The first kappa shape index (κ1) is 36.4. The van der Waals surface area contributed by atoms with Crippen molar-refractivity contribution < 1.29 is 97.2 Å². The van der Waals surface area contributed by atoms with Crippen LogP contribution in [-0.4, -0.2) is 76.4 Å². The first-order valence-electron chi connectivity index (χ1n) is 2.25. The average molecular weight is 580 g/mol. The van der Waals surface area contributed by atoms with Gasteiger partial charge >= 0.3 is 104 Å². The zero-order chi connectivity index (χ0) is 14.7. The van der Waals surface area contributed by atoms with Gasteiger partial charge in [-0.1, -0.05) is 0 Å². The van der Waals surface area contributed by atoms with Crippen molar-refractivity contribution in [3.8, 4) is 0 Å². The van der Waals surface area contributed by atoms with Gasteiger partial charge in [0, 0.05) is 27.5 Å². The molecule has 0 rings (SSSR count). The summed E-state index contributed by atoms with van der Waals surface area (Å²) >= 11 is 0.600. The molecule has 0 N–H and O–H groups in total. The molecule has 17 heteroatoms. The molecule has 0 aromatic carbocycles. The molecule has 0 atom stereocenters. The second-order valence-electron chi connectivity index (χ2n) is 0.750. The molecule has 0 aliphatic rings. The van der Waals surface area contributed by atoms with Crippen LogP contribution in [0.3, 0.4) is 0 Å². The normalized spacial score (nSPS) is 4.94. The number of hydrogen-bond acceptors (Lipinski definition) is 11. The van der Waals surface area contributed by atoms with Crippen molar-refractivity contribution in [2.75, 3.05) is 0 Å². The van der Waals surface area contributed by atoms with Crippen LogP contribution in [-0.2, 0) is 68.5 Å². The predicted molar refractivity (Wildman–Crippen MR) is 26.4 cm³/mol. The molecule has 0 saturated carbocycles. The summed E-state index contributed by atoms with van der Waals surface area (Å²) in [5.74, 6) is 0. The Labute approximate surface area is 170 Å². The van der Waals surface area contributed by atoms with Crippen molar-refractivity contribution >= 4 is 76.4 Å². The molecule has 0 aromatic heterocycles. The third kappa shape index (κ3) is 1390. The monoisotopic (exact) mass is 578 g/mol. The topological polar surface area (TPSA) is 224 Å². The van der Waals surface area contributed by atoms with Gasteiger partial charge in [-0.2, -0.15) is 0 Å². The van der Waals surface area contributed by atoms with Gasteiger partial charge in [0.25, 0.3) is 0 Å². The van der Waals surface area contributed by atoms with E-state index in [0.717, 1.165) is 0 Å². The summed E-state index contributed by atoms with van der Waals surface area (Å²) in [6.45, 7) is 0. The zero-order valence-corrected chi connectivity index (χ0v) is 20.1. The van der Waals surface area contributed by atoms with Crippen LogP contribution < -0.4 is 28.8 Å². The van der Waals surface area contributed by atoms with E-state index in [9.17, 15) is 0 Å². The molecule has 0 saturated heterocycles. The molecule has 0 heterocycles. The molecule has 0 amide bonds. The molecule has 0 bridgehead atoms. The summed E-state index contributed by atoms with van der Waals surface area (Å²) in [6, 6.07) is 0. The number of hydrogen-bond donors (Lipinski definition) is 0. The molecule has 0 aliphatic carbocycles. The zero-order valence-electron chi connectivity index (χ0n) is 7.70. The SMILES string of the molecule is O=[Si]([O-])[O-].O=[Si]([O-])[O-].O=[Si]([O-])[O-].[Ba+2].[O]=[Zr+2].[O]=[Zr+2]. The van der Waals surface area contributed by atoms with E-state index in [1.165, 1.54) is 0 Å². The van der Waals surface area contributed by atoms with E-state index in [-0.39, 0.29) is 48.9 Å². The Bertz CT molecular complexity index is 143. The Morgan fingerprint density at radius 2 is 0.529 bits per heavy atom. The van der Waals surface area contributed by atoms with Crippen LogP contribution in [0.1, 0.15) is 0 Å². The van der Waals surface area contributed by atoms with E-state index in [2.05, 4.69) is 0 Å². The molecular formula is BaO11Si3Zr2. The number of rotatable bonds is 0. The summed E-state index contributed by atoms with van der Waals surface area (Å²) in [5, 5.41) is 0. The minimum absolute atomic E-state index is 0. The Morgan fingerprint density at radius 1 is 0.529 bits per heavy atom. The maximum absolute atomic E-state index is 8.52. The third-order valence-corrected chi connectivity index (χ3v) is 0. The van der Waals surface area contributed by atoms with Crippen LogP contribution in [0.15, 0.2) is 0 Å². The van der Waals surface area contributed by atoms with Crippen LogP contribution >= 0.6 is 0 Å². The van der Waals surface area contributed by atoms with Crippen molar-refractivity contribution in [3.05, 3.63) is 0 Å². The van der Waals surface area contributed by atoms with Gasteiger partial charge in [0.1, 0.15) is 0 Å². The van der Waals surface area contributed by atoms with Gasteiger partial charge in [0.05, 0.1) is 0 Å². The molecule has 0 fully saturated rings. The second kappa shape index (κ2) is 43.1. The van der Waals surface area contributed by atoms with Crippen molar-refractivity contribution in [1.29, 1.82) is 0 Å². The third-order valence-electron chi connectivity index (χ3n) is 0. The fourth-order valence-electron chi connectivity index (χ4n) is 0. The van der Waals surface area contributed by atoms with Crippen LogP contribution in [0, 0.1) is 0 Å². The quantitative estimate of drug-likeness (QED) is 0.245. The van der Waals surface area contributed by atoms with E-state index < -0.39 is 27.5 Å². The Kier molecular flexibility index (Phi) is 92.1. The standard InChI is InChI=1S/Ba.3O3Si.2O.2Zr/c;3*1-4(2)3;;;;/q+2;3*-2;;;2*+2. The fraction of sp³-hybridized carbons (Fsp3) is 0. The van der Waals surface area contributed by atoms with Gasteiger partial charge < -0.3 is 42.2 Å². The molecule has 11 nitrogen and oxygen atoms in total. The minimum atomic E-state index is -3.63. The van der Waals surface area contributed by atoms with E-state index in [1.807, 2.05) is 0 Å². The first-order valence-corrected chi connectivity index (χ1v) is 7.93. The van der Waals surface area contributed by atoms with Gasteiger partial charge in [0.2, 0.25) is 0 Å². The second-order valence-corrected chi connectivity index (χ2v) is 2.25. The van der Waals surface area contributed by atoms with Crippen LogP contribution in [0.25, 0.3) is 0 Å². The Balaban J connectivity index is -0.0000000227. The molecule has 0 spiro atoms. The Hall–Kier alpha value is 1.79. The van der Waals surface area contributed by atoms with Crippen LogP contribution in [0.4, 0.5) is 0 Å². The molecule has 0 aromatic rings. The van der Waals surface area contributed by atoms with Crippen molar-refractivity contribution in [2.45, 2.75) is 0 Å². The Morgan fingerprint density at radius 3 is 0.529 bits per heavy atom. The van der Waals surface area contributed by atoms with Gasteiger partial charge in [-0.3, -0.25) is 0 Å². The van der Waals surface area contributed by atoms with Gasteiger partial charge in [0.15, 0.2) is 0 Å². The summed E-state index contributed by atoms with van der Waals surface area (Å²) in [4.78, 5) is 51.1. The van der Waals surface area contributed by atoms with E-state index >= 15 is 0 Å². The van der Waals surface area contributed by atoms with Gasteiger partial charge in [-0.25, -0.2) is 0 Å². The molecule has 17 heavy (non-hydrogen) atoms. The summed E-state index contributed by atoms with van der Waals surface area (Å²) < 4.78 is 42.2. The van der Waals surface area contributed by atoms with E-state index in [4.69, 9.17) is 47.8 Å². The first-order chi connectivity index (χ1) is 7.20. The molecular weight excluding hydrogens is 580 g/mol. The van der Waals surface area contributed by atoms with Gasteiger partial charge in [-0.15, -0.1) is 0 Å². The van der Waals surface area contributed by atoms with E-state index in [0.29, 0.717) is 49.4 Å². The predicted octanol–water partition coefficient (Wildman–Crippen LogP) is -9.26. The van der Waals surface area contributed by atoms with Crippen molar-refractivity contribution in [1.82, 2.24) is 0 Å². The summed E-state index contributed by atoms with van der Waals surface area (Å²) in [6.07, 6.45) is 0. The van der Waals surface area contributed by atoms with Crippen LogP contribution in [0.2, 0.25) is 0 Å². The summed E-state index contributed by atoms with van der Waals surface area (Å²) in [5.41, 5.74) is 0. The molecule has 0 radical (unpaired) electrons. The summed E-state index contributed by atoms with van der Waals surface area (Å²) in [7, 11) is -10.9. The van der Waals surface area contributed by atoms with Crippen molar-refractivity contribution in [2.24, 2.45) is 0 Å². The molecule has 0 unspecified atom stereocenters. The molecule has 88 valence electrons. The maximum atomic E-state index is 8.52.